The van der Waals surface area contributed by atoms with Gasteiger partial charge in [0.05, 0.1) is 0 Å². The minimum Gasteiger partial charge on any atom is -0.452 e. The van der Waals surface area contributed by atoms with E-state index in [4.69, 9.17) is 4.74 Å². The van der Waals surface area contributed by atoms with Crippen molar-refractivity contribution < 1.29 is 14.3 Å². The van der Waals surface area contributed by atoms with E-state index in [2.05, 4.69) is 26.1 Å². The van der Waals surface area contributed by atoms with Crippen LogP contribution in [0.3, 0.4) is 0 Å². The van der Waals surface area contributed by atoms with Crippen molar-refractivity contribution in [3.05, 3.63) is 71.3 Å². The van der Waals surface area contributed by atoms with Crippen molar-refractivity contribution >= 4 is 23.6 Å². The first kappa shape index (κ1) is 19.4. The Bertz CT molecular complexity index is 759. The van der Waals surface area contributed by atoms with E-state index >= 15 is 0 Å². The summed E-state index contributed by atoms with van der Waals surface area (Å²) < 4.78 is 4.97. The number of benzene rings is 2. The van der Waals surface area contributed by atoms with E-state index in [-0.39, 0.29) is 12.5 Å². The van der Waals surface area contributed by atoms with E-state index in [0.29, 0.717) is 11.6 Å². The van der Waals surface area contributed by atoms with Gasteiger partial charge in [-0.25, -0.2) is 4.79 Å². The van der Waals surface area contributed by atoms with Crippen molar-refractivity contribution in [3.8, 4) is 0 Å². The Morgan fingerprint density at radius 3 is 2.27 bits per heavy atom. The van der Waals surface area contributed by atoms with Crippen molar-refractivity contribution in [2.24, 2.45) is 0 Å². The van der Waals surface area contributed by atoms with Gasteiger partial charge in [-0.2, -0.15) is 0 Å². The highest BCUT2D eigenvalue weighted by Crippen LogP contribution is 2.15. The average molecular weight is 351 g/mol. The fourth-order valence-corrected chi connectivity index (χ4v) is 2.36. The summed E-state index contributed by atoms with van der Waals surface area (Å²) >= 11 is 0. The number of esters is 1. The van der Waals surface area contributed by atoms with Crippen LogP contribution in [0, 0.1) is 0 Å². The molecule has 2 rings (SSSR count). The van der Waals surface area contributed by atoms with Crippen LogP contribution in [0.25, 0.3) is 6.08 Å². The highest BCUT2D eigenvalue weighted by molar-refractivity contribution is 5.94. The summed E-state index contributed by atoms with van der Waals surface area (Å²) in [5, 5.41) is 2.70. The van der Waals surface area contributed by atoms with Crippen molar-refractivity contribution in [1.82, 2.24) is 0 Å². The fraction of sp³-hybridized carbons (Fsp3) is 0.273. The maximum Gasteiger partial charge on any atom is 0.331 e. The normalized spacial score (nSPS) is 10.9. The van der Waals surface area contributed by atoms with E-state index in [1.807, 2.05) is 48.5 Å². The Morgan fingerprint density at radius 1 is 1.04 bits per heavy atom. The van der Waals surface area contributed by atoms with Gasteiger partial charge in [-0.3, -0.25) is 4.79 Å². The first-order valence-corrected chi connectivity index (χ1v) is 8.81. The predicted octanol–water partition coefficient (Wildman–Crippen LogP) is 4.57. The second-order valence-corrected chi connectivity index (χ2v) is 6.36. The van der Waals surface area contributed by atoms with Crippen molar-refractivity contribution in [1.29, 1.82) is 0 Å². The topological polar surface area (TPSA) is 55.4 Å². The standard InChI is InChI=1S/C22H25NO3/c1-4-17-7-12-20(13-8-17)23-21(24)15-26-22(25)14-9-18-5-10-19(11-6-18)16(2)3/h5-14,16H,4,15H2,1-3H3,(H,23,24). The molecule has 0 aliphatic rings. The Kier molecular flexibility index (Phi) is 7.15. The summed E-state index contributed by atoms with van der Waals surface area (Å²) in [6.45, 7) is 6.01. The van der Waals surface area contributed by atoms with Gasteiger partial charge in [0.25, 0.3) is 5.91 Å². The van der Waals surface area contributed by atoms with Gasteiger partial charge in [-0.1, -0.05) is 57.2 Å². The molecule has 4 heteroatoms. The van der Waals surface area contributed by atoms with Gasteiger partial charge in [0.15, 0.2) is 6.61 Å². The van der Waals surface area contributed by atoms with Gasteiger partial charge >= 0.3 is 5.97 Å². The number of hydrogen-bond donors (Lipinski definition) is 1. The van der Waals surface area contributed by atoms with Crippen LogP contribution in [-0.4, -0.2) is 18.5 Å². The van der Waals surface area contributed by atoms with Crippen LogP contribution >= 0.6 is 0 Å². The quantitative estimate of drug-likeness (QED) is 0.587. The average Bonchev–Trinajstić information content (AvgIpc) is 2.65. The first-order valence-electron chi connectivity index (χ1n) is 8.81. The molecule has 0 saturated carbocycles. The molecule has 2 aromatic carbocycles. The van der Waals surface area contributed by atoms with Gasteiger partial charge in [0, 0.05) is 11.8 Å². The first-order chi connectivity index (χ1) is 12.5. The molecule has 0 aromatic heterocycles. The smallest absolute Gasteiger partial charge is 0.331 e. The molecule has 26 heavy (non-hydrogen) atoms. The maximum absolute atomic E-state index is 11.8. The Balaban J connectivity index is 1.78. The zero-order chi connectivity index (χ0) is 18.9. The van der Waals surface area contributed by atoms with Crippen LogP contribution < -0.4 is 5.32 Å². The van der Waals surface area contributed by atoms with Crippen LogP contribution in [0.15, 0.2) is 54.6 Å². The largest absolute Gasteiger partial charge is 0.452 e. The van der Waals surface area contributed by atoms with E-state index < -0.39 is 5.97 Å². The number of carbonyl (C=O) groups is 2. The fourth-order valence-electron chi connectivity index (χ4n) is 2.36. The lowest BCUT2D eigenvalue weighted by atomic mass is 10.0. The zero-order valence-corrected chi connectivity index (χ0v) is 15.5. The van der Waals surface area contributed by atoms with E-state index in [0.717, 1.165) is 12.0 Å². The molecule has 4 nitrogen and oxygen atoms in total. The third-order valence-corrected chi connectivity index (χ3v) is 4.01. The minimum atomic E-state index is -0.547. The third-order valence-electron chi connectivity index (χ3n) is 4.01. The van der Waals surface area contributed by atoms with Crippen molar-refractivity contribution in [3.63, 3.8) is 0 Å². The molecule has 1 amide bonds. The number of nitrogens with one attached hydrogen (secondary N) is 1. The van der Waals surface area contributed by atoms with Gasteiger partial charge in [0.2, 0.25) is 0 Å². The molecule has 1 N–H and O–H groups in total. The van der Waals surface area contributed by atoms with E-state index in [9.17, 15) is 9.59 Å². The molecule has 0 fully saturated rings. The predicted molar refractivity (Wildman–Crippen MR) is 105 cm³/mol. The number of ether oxygens (including phenoxy) is 1. The Hall–Kier alpha value is -2.88. The van der Waals surface area contributed by atoms with Gasteiger partial charge in [-0.15, -0.1) is 0 Å². The lowest BCUT2D eigenvalue weighted by Crippen LogP contribution is -2.20. The Morgan fingerprint density at radius 2 is 1.69 bits per heavy atom. The number of rotatable bonds is 7. The Labute approximate surface area is 154 Å². The van der Waals surface area contributed by atoms with Crippen molar-refractivity contribution in [2.45, 2.75) is 33.1 Å². The second-order valence-electron chi connectivity index (χ2n) is 6.36. The summed E-state index contributed by atoms with van der Waals surface area (Å²) in [5.74, 6) is -0.443. The van der Waals surface area contributed by atoms with Crippen LogP contribution in [0.1, 0.15) is 43.4 Å². The van der Waals surface area contributed by atoms with Gasteiger partial charge < -0.3 is 10.1 Å². The van der Waals surface area contributed by atoms with Gasteiger partial charge in [-0.05, 0) is 47.2 Å². The molecule has 0 atom stereocenters. The summed E-state index contributed by atoms with van der Waals surface area (Å²) in [4.78, 5) is 23.6. The second kappa shape index (κ2) is 9.56. The summed E-state index contributed by atoms with van der Waals surface area (Å²) in [6.07, 6.45) is 3.94. The molecule has 0 spiro atoms. The molecule has 0 aliphatic heterocycles. The molecule has 0 unspecified atom stereocenters. The van der Waals surface area contributed by atoms with Crippen LogP contribution in [0.4, 0.5) is 5.69 Å². The number of carbonyl (C=O) groups excluding carboxylic acids is 2. The minimum absolute atomic E-state index is 0.314. The summed E-state index contributed by atoms with van der Waals surface area (Å²) in [7, 11) is 0. The maximum atomic E-state index is 11.8. The molecule has 0 aliphatic carbocycles. The third kappa shape index (κ3) is 6.20. The molecule has 2 aromatic rings. The zero-order valence-electron chi connectivity index (χ0n) is 15.5. The molecule has 0 radical (unpaired) electrons. The molecule has 136 valence electrons. The lowest BCUT2D eigenvalue weighted by Gasteiger charge is -2.06. The van der Waals surface area contributed by atoms with E-state index in [1.165, 1.54) is 17.2 Å². The number of amides is 1. The van der Waals surface area contributed by atoms with Crippen LogP contribution in [-0.2, 0) is 20.7 Å². The van der Waals surface area contributed by atoms with E-state index in [1.54, 1.807) is 6.08 Å². The highest BCUT2D eigenvalue weighted by Gasteiger charge is 2.06. The molecular weight excluding hydrogens is 326 g/mol. The van der Waals surface area contributed by atoms with Crippen LogP contribution in [0.2, 0.25) is 0 Å². The molecular formula is C22H25NO3. The summed E-state index contributed by atoms with van der Waals surface area (Å²) in [5.41, 5.74) is 4.03. The number of hydrogen-bond acceptors (Lipinski definition) is 3. The SMILES string of the molecule is CCc1ccc(NC(=O)COC(=O)C=Cc2ccc(C(C)C)cc2)cc1. The lowest BCUT2D eigenvalue weighted by molar-refractivity contribution is -0.142. The number of aryl methyl sites for hydroxylation is 1. The molecule has 0 heterocycles. The molecule has 0 saturated heterocycles. The number of anilines is 1. The summed E-state index contributed by atoms with van der Waals surface area (Å²) in [6, 6.07) is 15.5. The van der Waals surface area contributed by atoms with Gasteiger partial charge in [0.1, 0.15) is 0 Å². The van der Waals surface area contributed by atoms with Crippen molar-refractivity contribution in [2.75, 3.05) is 11.9 Å². The van der Waals surface area contributed by atoms with Crippen LogP contribution in [0.5, 0.6) is 0 Å². The molecule has 0 bridgehead atoms. The highest BCUT2D eigenvalue weighted by atomic mass is 16.5. The monoisotopic (exact) mass is 351 g/mol.